The van der Waals surface area contributed by atoms with E-state index in [9.17, 15) is 4.79 Å². The van der Waals surface area contributed by atoms with Crippen LogP contribution in [0.1, 0.15) is 43.0 Å². The van der Waals surface area contributed by atoms with Crippen molar-refractivity contribution < 1.29 is 9.53 Å². The molecule has 0 aromatic heterocycles. The molecule has 2 aromatic rings. The molecule has 1 amide bonds. The molecule has 126 valence electrons. The predicted molar refractivity (Wildman–Crippen MR) is 96.5 cm³/mol. The number of carbonyl (C=O) groups excluding carboxylic acids is 1. The zero-order chi connectivity index (χ0) is 17.3. The van der Waals surface area contributed by atoms with Gasteiger partial charge in [0.1, 0.15) is 11.4 Å². The van der Waals surface area contributed by atoms with E-state index in [0.29, 0.717) is 11.4 Å². The molecule has 0 spiro atoms. The fraction of sp³-hybridized carbons (Fsp3) is 0.350. The third-order valence-electron chi connectivity index (χ3n) is 4.21. The van der Waals surface area contributed by atoms with E-state index in [0.717, 1.165) is 28.9 Å². The van der Waals surface area contributed by atoms with Gasteiger partial charge in [-0.15, -0.1) is 0 Å². The first kappa shape index (κ1) is 16.8. The Labute approximate surface area is 148 Å². The van der Waals surface area contributed by atoms with Gasteiger partial charge in [0.2, 0.25) is 5.91 Å². The number of carbonyl (C=O) groups is 1. The number of halogens is 1. The first-order valence-corrected chi connectivity index (χ1v) is 8.53. The molecule has 1 heterocycles. The quantitative estimate of drug-likeness (QED) is 0.883. The van der Waals surface area contributed by atoms with Crippen molar-refractivity contribution in [3.63, 3.8) is 0 Å². The van der Waals surface area contributed by atoms with Gasteiger partial charge in [-0.25, -0.2) is 0 Å². The fourth-order valence-electron chi connectivity index (χ4n) is 3.18. The van der Waals surface area contributed by atoms with Crippen molar-refractivity contribution in [3.8, 4) is 5.75 Å². The molecule has 3 nitrogen and oxygen atoms in total. The van der Waals surface area contributed by atoms with Crippen LogP contribution in [0.4, 0.5) is 0 Å². The van der Waals surface area contributed by atoms with Crippen LogP contribution >= 0.6 is 11.6 Å². The van der Waals surface area contributed by atoms with Gasteiger partial charge >= 0.3 is 0 Å². The molecule has 1 N–H and O–H groups in total. The van der Waals surface area contributed by atoms with Gasteiger partial charge in [-0.05, 0) is 44.5 Å². The zero-order valence-corrected chi connectivity index (χ0v) is 15.0. The van der Waals surface area contributed by atoms with Crippen molar-refractivity contribution in [1.29, 1.82) is 0 Å². The van der Waals surface area contributed by atoms with E-state index < -0.39 is 0 Å². The van der Waals surface area contributed by atoms with Crippen LogP contribution in [0.3, 0.4) is 0 Å². The lowest BCUT2D eigenvalue weighted by Gasteiger charge is -2.38. The summed E-state index contributed by atoms with van der Waals surface area (Å²) in [5, 5.41) is 3.81. The van der Waals surface area contributed by atoms with E-state index in [1.807, 2.05) is 57.2 Å². The van der Waals surface area contributed by atoms with E-state index in [1.165, 1.54) is 0 Å². The molecule has 0 fully saturated rings. The lowest BCUT2D eigenvalue weighted by Crippen LogP contribution is -2.41. The summed E-state index contributed by atoms with van der Waals surface area (Å²) in [5.74, 6) is 0.845. The number of rotatable bonds is 3. The van der Waals surface area contributed by atoms with Crippen LogP contribution in [0.5, 0.6) is 5.75 Å². The molecule has 1 aliphatic rings. The highest BCUT2D eigenvalue weighted by atomic mass is 35.5. The summed E-state index contributed by atoms with van der Waals surface area (Å²) in [5.41, 5.74) is 2.81. The minimum Gasteiger partial charge on any atom is -0.487 e. The van der Waals surface area contributed by atoms with Crippen molar-refractivity contribution in [2.45, 2.75) is 45.3 Å². The molecular formula is C20H22ClNO2. The second-order valence-corrected chi connectivity index (χ2v) is 7.47. The van der Waals surface area contributed by atoms with E-state index >= 15 is 0 Å². The summed E-state index contributed by atoms with van der Waals surface area (Å²) >= 11 is 5.99. The molecule has 1 atom stereocenters. The van der Waals surface area contributed by atoms with Crippen LogP contribution in [-0.4, -0.2) is 11.5 Å². The highest BCUT2D eigenvalue weighted by Crippen LogP contribution is 2.39. The molecule has 2 aromatic carbocycles. The largest absolute Gasteiger partial charge is 0.487 e. The van der Waals surface area contributed by atoms with Gasteiger partial charge in [-0.1, -0.05) is 41.4 Å². The summed E-state index contributed by atoms with van der Waals surface area (Å²) in [6.45, 7) is 6.14. The second kappa shape index (κ2) is 6.48. The van der Waals surface area contributed by atoms with Gasteiger partial charge in [0.25, 0.3) is 0 Å². The monoisotopic (exact) mass is 343 g/mol. The average molecular weight is 344 g/mol. The third kappa shape index (κ3) is 3.90. The Bertz CT molecular complexity index is 770. The molecule has 0 aliphatic carbocycles. The van der Waals surface area contributed by atoms with Crippen LogP contribution < -0.4 is 10.1 Å². The maximum Gasteiger partial charge on any atom is 0.224 e. The van der Waals surface area contributed by atoms with Gasteiger partial charge < -0.3 is 10.1 Å². The maximum absolute atomic E-state index is 12.5. The van der Waals surface area contributed by atoms with E-state index in [-0.39, 0.29) is 17.6 Å². The number of amides is 1. The molecule has 1 aliphatic heterocycles. The molecule has 0 saturated carbocycles. The van der Waals surface area contributed by atoms with Crippen LogP contribution in [0.2, 0.25) is 5.02 Å². The first-order chi connectivity index (χ1) is 11.3. The first-order valence-electron chi connectivity index (χ1n) is 8.16. The fourth-order valence-corrected chi connectivity index (χ4v) is 3.39. The molecule has 0 bridgehead atoms. The van der Waals surface area contributed by atoms with Gasteiger partial charge in [-0.3, -0.25) is 4.79 Å². The van der Waals surface area contributed by atoms with E-state index in [2.05, 4.69) is 11.4 Å². The van der Waals surface area contributed by atoms with Crippen molar-refractivity contribution in [3.05, 3.63) is 64.2 Å². The summed E-state index contributed by atoms with van der Waals surface area (Å²) in [4.78, 5) is 12.5. The third-order valence-corrected chi connectivity index (χ3v) is 4.45. The molecule has 1 unspecified atom stereocenters. The molecule has 4 heteroatoms. The van der Waals surface area contributed by atoms with Crippen LogP contribution in [0, 0.1) is 6.92 Å². The SMILES string of the molecule is Cc1ccc2c(c1)C(NC(=O)Cc1cccc(Cl)c1)CC(C)(C)O2. The number of fused-ring (bicyclic) bond motifs is 1. The Morgan fingerprint density at radius 2 is 2.08 bits per heavy atom. The Hall–Kier alpha value is -2.00. The smallest absolute Gasteiger partial charge is 0.224 e. The number of benzene rings is 2. The number of aryl methyl sites for hydroxylation is 1. The van der Waals surface area contributed by atoms with Crippen LogP contribution in [0.25, 0.3) is 0 Å². The van der Waals surface area contributed by atoms with Crippen molar-refractivity contribution in [1.82, 2.24) is 5.32 Å². The summed E-state index contributed by atoms with van der Waals surface area (Å²) in [6, 6.07) is 13.5. The summed E-state index contributed by atoms with van der Waals surface area (Å²) in [7, 11) is 0. The molecular weight excluding hydrogens is 322 g/mol. The molecule has 3 rings (SSSR count). The zero-order valence-electron chi connectivity index (χ0n) is 14.2. The minimum absolute atomic E-state index is 0.00702. The molecule has 24 heavy (non-hydrogen) atoms. The number of hydrogen-bond donors (Lipinski definition) is 1. The maximum atomic E-state index is 12.5. The van der Waals surface area contributed by atoms with Crippen LogP contribution in [-0.2, 0) is 11.2 Å². The minimum atomic E-state index is -0.309. The van der Waals surface area contributed by atoms with Gasteiger partial charge in [0.05, 0.1) is 12.5 Å². The Kier molecular flexibility index (Phi) is 4.55. The normalized spacial score (nSPS) is 18.4. The standard InChI is InChI=1S/C20H22ClNO2/c1-13-7-8-18-16(9-13)17(12-20(2,3)24-18)22-19(23)11-14-5-4-6-15(21)10-14/h4-10,17H,11-12H2,1-3H3,(H,22,23). The highest BCUT2D eigenvalue weighted by molar-refractivity contribution is 6.30. The van der Waals surface area contributed by atoms with Gasteiger partial charge in [-0.2, -0.15) is 0 Å². The molecule has 0 radical (unpaired) electrons. The topological polar surface area (TPSA) is 38.3 Å². The Morgan fingerprint density at radius 1 is 1.29 bits per heavy atom. The van der Waals surface area contributed by atoms with Gasteiger partial charge in [0, 0.05) is 17.0 Å². The van der Waals surface area contributed by atoms with Crippen molar-refractivity contribution in [2.75, 3.05) is 0 Å². The van der Waals surface area contributed by atoms with Gasteiger partial charge in [0.15, 0.2) is 0 Å². The van der Waals surface area contributed by atoms with Crippen LogP contribution in [0.15, 0.2) is 42.5 Å². The van der Waals surface area contributed by atoms with E-state index in [4.69, 9.17) is 16.3 Å². The summed E-state index contributed by atoms with van der Waals surface area (Å²) < 4.78 is 6.05. The lowest BCUT2D eigenvalue weighted by molar-refractivity contribution is -0.121. The second-order valence-electron chi connectivity index (χ2n) is 7.03. The van der Waals surface area contributed by atoms with Crippen molar-refractivity contribution >= 4 is 17.5 Å². The average Bonchev–Trinajstić information content (AvgIpc) is 2.47. The number of nitrogens with one attached hydrogen (secondary N) is 1. The Balaban J connectivity index is 1.79. The molecule has 0 saturated heterocycles. The Morgan fingerprint density at radius 3 is 2.83 bits per heavy atom. The predicted octanol–water partition coefficient (Wildman–Crippen LogP) is 4.61. The lowest BCUT2D eigenvalue weighted by atomic mass is 9.89. The van der Waals surface area contributed by atoms with Crippen molar-refractivity contribution in [2.24, 2.45) is 0 Å². The summed E-state index contributed by atoms with van der Waals surface area (Å²) in [6.07, 6.45) is 1.06. The van der Waals surface area contributed by atoms with E-state index in [1.54, 1.807) is 0 Å². The number of ether oxygens (including phenoxy) is 1. The highest BCUT2D eigenvalue weighted by Gasteiger charge is 2.34. The number of hydrogen-bond acceptors (Lipinski definition) is 2.